The van der Waals surface area contributed by atoms with Crippen LogP contribution in [-0.2, 0) is 10.6 Å². The summed E-state index contributed by atoms with van der Waals surface area (Å²) in [6, 6.07) is 7.79. The van der Waals surface area contributed by atoms with E-state index in [2.05, 4.69) is 15.3 Å². The van der Waals surface area contributed by atoms with E-state index in [9.17, 15) is 28.9 Å². The van der Waals surface area contributed by atoms with Crippen molar-refractivity contribution in [2.75, 3.05) is 11.1 Å². The predicted molar refractivity (Wildman–Crippen MR) is 120 cm³/mol. The fourth-order valence-corrected chi connectivity index (χ4v) is 3.67. The maximum Gasteiger partial charge on any atom is 0.257 e. The van der Waals surface area contributed by atoms with Crippen LogP contribution >= 0.6 is 11.6 Å². The largest absolute Gasteiger partial charge is 0.382 e. The third-order valence-electron chi connectivity index (χ3n) is 5.08. The summed E-state index contributed by atoms with van der Waals surface area (Å²) < 4.78 is 45.1. The number of imidazole rings is 1. The molecule has 1 unspecified atom stereocenters. The van der Waals surface area contributed by atoms with E-state index < -0.39 is 58.1 Å². The average Bonchev–Trinajstić information content (AvgIpc) is 3.21. The number of nitrogens with zero attached hydrogens (tertiary/aromatic N) is 3. The van der Waals surface area contributed by atoms with E-state index in [-0.39, 0.29) is 21.9 Å². The van der Waals surface area contributed by atoms with E-state index in [1.54, 1.807) is 0 Å². The highest BCUT2D eigenvalue weighted by atomic mass is 35.5. The fourth-order valence-electron chi connectivity index (χ4n) is 3.47. The number of nitrogens with two attached hydrogens (primary N) is 1. The third-order valence-corrected chi connectivity index (χ3v) is 5.31. The van der Waals surface area contributed by atoms with Gasteiger partial charge in [0.1, 0.15) is 17.0 Å². The van der Waals surface area contributed by atoms with Crippen LogP contribution in [0.25, 0.3) is 16.8 Å². The molecule has 1 atom stereocenters. The highest BCUT2D eigenvalue weighted by molar-refractivity contribution is 6.30. The minimum Gasteiger partial charge on any atom is -0.382 e. The maximum atomic E-state index is 15.1. The number of nitrogen functional groups attached to an aromatic ring is 1. The molecule has 0 saturated heterocycles. The number of aliphatic hydroxyl groups excluding tert-OH is 1. The van der Waals surface area contributed by atoms with Gasteiger partial charge in [0, 0.05) is 10.6 Å². The number of carbonyl (C=O) groups is 1. The standard InChI is InChI=1S/C22H17ClF3N5O4/c1-22(34,35)21-30-16(17-19(27)28-8-13(24)31(17)21)11-5-6-12(15(26)14(11)25)29-20(33)18(32)9-3-2-4-10(23)7-9/h2-8,18,32,34-35H,1H3,(H2,27,28)(H,29,33). The lowest BCUT2D eigenvalue weighted by atomic mass is 10.1. The number of hydrogen-bond donors (Lipinski definition) is 5. The Morgan fingerprint density at radius 2 is 1.91 bits per heavy atom. The Labute approximate surface area is 200 Å². The molecule has 4 rings (SSSR count). The number of anilines is 2. The zero-order valence-corrected chi connectivity index (χ0v) is 18.6. The molecule has 2 heterocycles. The fraction of sp³-hybridized carbons (Fsp3) is 0.136. The minimum atomic E-state index is -2.67. The van der Waals surface area contributed by atoms with Gasteiger partial charge in [0.15, 0.2) is 23.6 Å². The third kappa shape index (κ3) is 4.39. The number of fused-ring (bicyclic) bond motifs is 1. The number of hydrogen-bond acceptors (Lipinski definition) is 7. The van der Waals surface area contributed by atoms with Crippen LogP contribution < -0.4 is 11.1 Å². The number of aromatic nitrogens is 3. The summed E-state index contributed by atoms with van der Waals surface area (Å²) in [4.78, 5) is 19.9. The van der Waals surface area contributed by atoms with E-state index in [0.717, 1.165) is 19.1 Å². The van der Waals surface area contributed by atoms with Crippen molar-refractivity contribution in [2.45, 2.75) is 18.8 Å². The van der Waals surface area contributed by atoms with Crippen LogP contribution in [0.4, 0.5) is 24.7 Å². The first kappa shape index (κ1) is 24.4. The Hall–Kier alpha value is -3.71. The van der Waals surface area contributed by atoms with E-state index in [4.69, 9.17) is 17.3 Å². The quantitative estimate of drug-likeness (QED) is 0.261. The van der Waals surface area contributed by atoms with Crippen LogP contribution in [0.2, 0.25) is 5.02 Å². The van der Waals surface area contributed by atoms with Crippen molar-refractivity contribution in [3.05, 3.63) is 76.6 Å². The maximum absolute atomic E-state index is 15.1. The number of nitrogens with one attached hydrogen (secondary N) is 1. The normalized spacial score (nSPS) is 12.7. The van der Waals surface area contributed by atoms with Crippen molar-refractivity contribution < 1.29 is 33.3 Å². The molecule has 0 radical (unpaired) electrons. The molecule has 9 nitrogen and oxygen atoms in total. The topological polar surface area (TPSA) is 146 Å². The number of halogens is 4. The van der Waals surface area contributed by atoms with Crippen molar-refractivity contribution >= 4 is 34.5 Å². The smallest absolute Gasteiger partial charge is 0.257 e. The number of benzene rings is 2. The van der Waals surface area contributed by atoms with Gasteiger partial charge in [0.2, 0.25) is 11.7 Å². The van der Waals surface area contributed by atoms with Crippen molar-refractivity contribution in [2.24, 2.45) is 0 Å². The molecule has 35 heavy (non-hydrogen) atoms. The first-order valence-corrected chi connectivity index (χ1v) is 10.3. The van der Waals surface area contributed by atoms with E-state index in [1.807, 2.05) is 0 Å². The average molecular weight is 508 g/mol. The molecule has 2 aromatic carbocycles. The zero-order valence-electron chi connectivity index (χ0n) is 17.8. The molecule has 0 aliphatic carbocycles. The molecule has 0 aliphatic heterocycles. The summed E-state index contributed by atoms with van der Waals surface area (Å²) in [5.41, 5.74) is 4.04. The molecule has 4 aromatic rings. The van der Waals surface area contributed by atoms with Gasteiger partial charge in [-0.2, -0.15) is 4.39 Å². The second-order valence-electron chi connectivity index (χ2n) is 7.69. The SMILES string of the molecule is CC(O)(O)c1nc(-c2ccc(NC(=O)C(O)c3cccc(Cl)c3)c(F)c2F)c2c(N)ncc(F)n12. The van der Waals surface area contributed by atoms with Gasteiger partial charge < -0.3 is 26.4 Å². The first-order valence-electron chi connectivity index (χ1n) is 9.90. The van der Waals surface area contributed by atoms with Crippen molar-refractivity contribution in [1.29, 1.82) is 0 Å². The second kappa shape index (κ2) is 8.82. The Bertz CT molecular complexity index is 1470. The van der Waals surface area contributed by atoms with Gasteiger partial charge in [-0.3, -0.25) is 9.20 Å². The van der Waals surface area contributed by atoms with E-state index in [1.165, 1.54) is 24.3 Å². The number of aliphatic hydroxyl groups is 3. The Kier molecular flexibility index (Phi) is 6.15. The predicted octanol–water partition coefficient (Wildman–Crippen LogP) is 2.88. The minimum absolute atomic E-state index is 0.130. The summed E-state index contributed by atoms with van der Waals surface area (Å²) in [7, 11) is 0. The Balaban J connectivity index is 1.76. The molecular weight excluding hydrogens is 491 g/mol. The molecular formula is C22H17ClF3N5O4. The monoisotopic (exact) mass is 507 g/mol. The lowest BCUT2D eigenvalue weighted by Crippen LogP contribution is -2.24. The zero-order chi connectivity index (χ0) is 25.7. The van der Waals surface area contributed by atoms with Crippen LogP contribution in [0.5, 0.6) is 0 Å². The molecule has 1 amide bonds. The number of rotatable bonds is 5. The van der Waals surface area contributed by atoms with Gasteiger partial charge >= 0.3 is 0 Å². The molecule has 0 spiro atoms. The lowest BCUT2D eigenvalue weighted by Gasteiger charge is -2.14. The summed E-state index contributed by atoms with van der Waals surface area (Å²) >= 11 is 5.84. The van der Waals surface area contributed by atoms with Gasteiger partial charge in [-0.15, -0.1) is 0 Å². The van der Waals surface area contributed by atoms with Crippen molar-refractivity contribution in [3.8, 4) is 11.3 Å². The van der Waals surface area contributed by atoms with Crippen LogP contribution in [0.1, 0.15) is 24.4 Å². The van der Waals surface area contributed by atoms with Crippen LogP contribution in [0.3, 0.4) is 0 Å². The van der Waals surface area contributed by atoms with Gasteiger partial charge in [-0.05, 0) is 36.8 Å². The summed E-state index contributed by atoms with van der Waals surface area (Å²) in [6.07, 6.45) is -1.03. The molecule has 182 valence electrons. The van der Waals surface area contributed by atoms with Crippen molar-refractivity contribution in [1.82, 2.24) is 14.4 Å². The summed E-state index contributed by atoms with van der Waals surface area (Å²) in [5.74, 6) is -8.84. The molecule has 6 N–H and O–H groups in total. The Morgan fingerprint density at radius 3 is 2.57 bits per heavy atom. The van der Waals surface area contributed by atoms with Crippen molar-refractivity contribution in [3.63, 3.8) is 0 Å². The van der Waals surface area contributed by atoms with Gasteiger partial charge in [-0.1, -0.05) is 23.7 Å². The van der Waals surface area contributed by atoms with Crippen LogP contribution in [0, 0.1) is 17.6 Å². The number of amides is 1. The molecule has 0 bridgehead atoms. The molecule has 0 aliphatic rings. The molecule has 13 heteroatoms. The first-order chi connectivity index (χ1) is 16.4. The molecule has 2 aromatic heterocycles. The highest BCUT2D eigenvalue weighted by Gasteiger charge is 2.32. The van der Waals surface area contributed by atoms with E-state index in [0.29, 0.717) is 10.6 Å². The lowest BCUT2D eigenvalue weighted by molar-refractivity contribution is -0.159. The summed E-state index contributed by atoms with van der Waals surface area (Å²) in [5, 5.41) is 32.5. The molecule has 0 fully saturated rings. The van der Waals surface area contributed by atoms with Crippen LogP contribution in [0.15, 0.2) is 42.6 Å². The van der Waals surface area contributed by atoms with E-state index >= 15 is 4.39 Å². The highest BCUT2D eigenvalue weighted by Crippen LogP contribution is 2.35. The number of carbonyl (C=O) groups excluding carboxylic acids is 1. The molecule has 0 saturated carbocycles. The van der Waals surface area contributed by atoms with Crippen LogP contribution in [-0.4, -0.2) is 35.6 Å². The Morgan fingerprint density at radius 1 is 1.20 bits per heavy atom. The van der Waals surface area contributed by atoms with Gasteiger partial charge in [0.25, 0.3) is 5.91 Å². The van der Waals surface area contributed by atoms with Gasteiger partial charge in [0.05, 0.1) is 11.9 Å². The summed E-state index contributed by atoms with van der Waals surface area (Å²) in [6.45, 7) is 0.891. The van der Waals surface area contributed by atoms with Gasteiger partial charge in [-0.25, -0.2) is 18.7 Å². The second-order valence-corrected chi connectivity index (χ2v) is 8.13.